The molecule has 2 aromatic carbocycles. The average Bonchev–Trinajstić information content (AvgIpc) is 3.33. The van der Waals surface area contributed by atoms with Gasteiger partial charge >= 0.3 is 0 Å². The number of halogens is 1. The number of hydrogen-bond donors (Lipinski definition) is 1. The van der Waals surface area contributed by atoms with Crippen LogP contribution in [0.5, 0.6) is 11.5 Å². The average molecular weight is 451 g/mol. The van der Waals surface area contributed by atoms with Gasteiger partial charge in [0, 0.05) is 16.1 Å². The van der Waals surface area contributed by atoms with E-state index in [9.17, 15) is 19.1 Å². The second-order valence-electron chi connectivity index (χ2n) is 7.48. The van der Waals surface area contributed by atoms with Crippen LogP contribution in [-0.2, 0) is 9.59 Å². The topological polar surface area (TPSA) is 76.1 Å². The summed E-state index contributed by atoms with van der Waals surface area (Å²) in [5.74, 6) is -1.52. The molecule has 32 heavy (non-hydrogen) atoms. The maximum absolute atomic E-state index is 14.0. The molecule has 1 atom stereocenters. The Morgan fingerprint density at radius 2 is 1.88 bits per heavy atom. The molecule has 2 aliphatic heterocycles. The molecule has 0 aliphatic carbocycles. The van der Waals surface area contributed by atoms with E-state index in [2.05, 4.69) is 0 Å². The first kappa shape index (κ1) is 20.3. The fourth-order valence-electron chi connectivity index (χ4n) is 3.98. The number of ketones is 1. The molecule has 3 heterocycles. The second-order valence-corrected chi connectivity index (χ2v) is 8.42. The van der Waals surface area contributed by atoms with E-state index in [0.29, 0.717) is 35.2 Å². The minimum Gasteiger partial charge on any atom is -0.507 e. The van der Waals surface area contributed by atoms with Gasteiger partial charge in [0.05, 0.1) is 5.57 Å². The fourth-order valence-corrected chi connectivity index (χ4v) is 5.01. The molecular weight excluding hydrogens is 433 g/mol. The first-order chi connectivity index (χ1) is 15.5. The maximum Gasteiger partial charge on any atom is 0.300 e. The minimum absolute atomic E-state index is 0.0542. The number of ether oxygens (including phenoxy) is 2. The van der Waals surface area contributed by atoms with Gasteiger partial charge in [-0.3, -0.25) is 14.5 Å². The monoisotopic (exact) mass is 451 g/mol. The van der Waals surface area contributed by atoms with Crippen molar-refractivity contribution in [1.29, 1.82) is 0 Å². The van der Waals surface area contributed by atoms with E-state index >= 15 is 0 Å². The van der Waals surface area contributed by atoms with E-state index < -0.39 is 23.5 Å². The third kappa shape index (κ3) is 3.23. The van der Waals surface area contributed by atoms with E-state index in [0.717, 1.165) is 5.56 Å². The summed E-state index contributed by atoms with van der Waals surface area (Å²) in [6.07, 6.45) is 0. The third-order valence-corrected chi connectivity index (χ3v) is 6.57. The molecule has 1 unspecified atom stereocenters. The van der Waals surface area contributed by atoms with Crippen molar-refractivity contribution < 1.29 is 28.6 Å². The van der Waals surface area contributed by atoms with Gasteiger partial charge in [0.25, 0.3) is 11.7 Å². The highest BCUT2D eigenvalue weighted by molar-refractivity contribution is 7.10. The van der Waals surface area contributed by atoms with Crippen LogP contribution >= 0.6 is 11.3 Å². The number of aryl methyl sites for hydroxylation is 1. The fraction of sp³-hybridized carbons (Fsp3) is 0.167. The normalized spacial score (nSPS) is 19.4. The van der Waals surface area contributed by atoms with Crippen LogP contribution in [-0.4, -0.2) is 30.0 Å². The van der Waals surface area contributed by atoms with Crippen LogP contribution in [0.1, 0.15) is 22.0 Å². The molecule has 5 rings (SSSR count). The predicted molar refractivity (Wildman–Crippen MR) is 118 cm³/mol. The quantitative estimate of drug-likeness (QED) is 0.358. The van der Waals surface area contributed by atoms with Crippen LogP contribution in [0.2, 0.25) is 0 Å². The molecule has 3 aromatic rings. The van der Waals surface area contributed by atoms with Crippen molar-refractivity contribution in [3.8, 4) is 11.5 Å². The number of aliphatic hydroxyl groups is 1. The first-order valence-corrected chi connectivity index (χ1v) is 10.8. The molecular formula is C24H18FNO5S. The molecule has 0 bridgehead atoms. The Bertz CT molecular complexity index is 1280. The zero-order valence-corrected chi connectivity index (χ0v) is 17.8. The Morgan fingerprint density at radius 1 is 1.09 bits per heavy atom. The molecule has 1 amide bonds. The summed E-state index contributed by atoms with van der Waals surface area (Å²) in [5, 5.41) is 13.1. The third-order valence-electron chi connectivity index (χ3n) is 5.50. The van der Waals surface area contributed by atoms with E-state index in [1.165, 1.54) is 34.4 Å². The van der Waals surface area contributed by atoms with E-state index in [1.807, 2.05) is 18.4 Å². The van der Waals surface area contributed by atoms with Crippen LogP contribution in [0.4, 0.5) is 10.1 Å². The molecule has 0 saturated carbocycles. The summed E-state index contributed by atoms with van der Waals surface area (Å²) in [5.41, 5.74) is 1.37. The molecule has 1 aromatic heterocycles. The maximum atomic E-state index is 14.0. The highest BCUT2D eigenvalue weighted by atomic mass is 32.1. The minimum atomic E-state index is -0.884. The van der Waals surface area contributed by atoms with Gasteiger partial charge < -0.3 is 14.6 Å². The molecule has 1 N–H and O–H groups in total. The van der Waals surface area contributed by atoms with Crippen molar-refractivity contribution in [3.05, 3.63) is 81.3 Å². The highest BCUT2D eigenvalue weighted by Gasteiger charge is 2.48. The predicted octanol–water partition coefficient (Wildman–Crippen LogP) is 4.59. The van der Waals surface area contributed by atoms with Gasteiger partial charge in [-0.05, 0) is 60.3 Å². The number of hydrogen-bond acceptors (Lipinski definition) is 6. The highest BCUT2D eigenvalue weighted by Crippen LogP contribution is 2.45. The number of aliphatic hydroxyl groups excluding tert-OH is 1. The van der Waals surface area contributed by atoms with Crippen molar-refractivity contribution in [2.75, 3.05) is 18.1 Å². The van der Waals surface area contributed by atoms with E-state index in [-0.39, 0.29) is 17.0 Å². The zero-order chi connectivity index (χ0) is 22.4. The number of thiophene rings is 1. The number of benzene rings is 2. The lowest BCUT2D eigenvalue weighted by Crippen LogP contribution is -2.29. The Hall–Kier alpha value is -3.65. The van der Waals surface area contributed by atoms with Crippen molar-refractivity contribution >= 4 is 34.5 Å². The lowest BCUT2D eigenvalue weighted by Gasteiger charge is -2.25. The second kappa shape index (κ2) is 7.80. The van der Waals surface area contributed by atoms with Gasteiger partial charge in [0.1, 0.15) is 30.8 Å². The number of nitrogens with zero attached hydrogens (tertiary/aromatic N) is 1. The number of anilines is 1. The van der Waals surface area contributed by atoms with Crippen LogP contribution in [0, 0.1) is 12.7 Å². The smallest absolute Gasteiger partial charge is 0.300 e. The van der Waals surface area contributed by atoms with Gasteiger partial charge in [-0.1, -0.05) is 6.07 Å². The zero-order valence-electron chi connectivity index (χ0n) is 17.0. The SMILES string of the molecule is Cc1ccsc1C1/C(=C(/O)c2ccc3c(c2)OCCO3)C(=O)C(=O)N1c1cccc(F)c1. The summed E-state index contributed by atoms with van der Waals surface area (Å²) >= 11 is 1.36. The molecule has 1 fully saturated rings. The largest absolute Gasteiger partial charge is 0.507 e. The standard InChI is InChI=1S/C24H18FNO5S/c1-13-7-10-32-23(13)20-19(21(27)14-5-6-17-18(11-14)31-9-8-30-17)22(28)24(29)26(20)16-4-2-3-15(25)12-16/h2-7,10-12,20,27H,8-9H2,1H3/b21-19-. The number of carbonyl (C=O) groups excluding carboxylic acids is 2. The van der Waals surface area contributed by atoms with Crippen molar-refractivity contribution in [2.45, 2.75) is 13.0 Å². The van der Waals surface area contributed by atoms with Crippen LogP contribution < -0.4 is 14.4 Å². The van der Waals surface area contributed by atoms with Gasteiger partial charge in [0.2, 0.25) is 0 Å². The summed E-state index contributed by atoms with van der Waals surface area (Å²) in [6, 6.07) is 11.3. The molecule has 8 heteroatoms. The van der Waals surface area contributed by atoms with Gasteiger partial charge in [-0.15, -0.1) is 11.3 Å². The molecule has 0 radical (unpaired) electrons. The van der Waals surface area contributed by atoms with Crippen molar-refractivity contribution in [1.82, 2.24) is 0 Å². The van der Waals surface area contributed by atoms with Crippen LogP contribution in [0.15, 0.2) is 59.5 Å². The van der Waals surface area contributed by atoms with E-state index in [1.54, 1.807) is 24.3 Å². The molecule has 1 saturated heterocycles. The summed E-state index contributed by atoms with van der Waals surface area (Å²) in [4.78, 5) is 28.2. The molecule has 0 spiro atoms. The van der Waals surface area contributed by atoms with Gasteiger partial charge in [0.15, 0.2) is 11.5 Å². The molecule has 2 aliphatic rings. The van der Waals surface area contributed by atoms with Crippen LogP contribution in [0.3, 0.4) is 0 Å². The Kier molecular flexibility index (Phi) is 4.94. The van der Waals surface area contributed by atoms with Crippen molar-refractivity contribution in [3.63, 3.8) is 0 Å². The Morgan fingerprint density at radius 3 is 2.59 bits per heavy atom. The number of rotatable bonds is 3. The summed E-state index contributed by atoms with van der Waals surface area (Å²) < 4.78 is 25.1. The van der Waals surface area contributed by atoms with Crippen LogP contribution in [0.25, 0.3) is 5.76 Å². The molecule has 6 nitrogen and oxygen atoms in total. The number of carbonyl (C=O) groups is 2. The number of Topliss-reactive ketones (excluding diaryl/α,β-unsaturated/α-hetero) is 1. The first-order valence-electron chi connectivity index (χ1n) is 9.96. The number of fused-ring (bicyclic) bond motifs is 1. The Labute approximate surface area is 187 Å². The number of amides is 1. The van der Waals surface area contributed by atoms with E-state index in [4.69, 9.17) is 9.47 Å². The van der Waals surface area contributed by atoms with Gasteiger partial charge in [-0.2, -0.15) is 0 Å². The lowest BCUT2D eigenvalue weighted by molar-refractivity contribution is -0.132. The summed E-state index contributed by atoms with van der Waals surface area (Å²) in [6.45, 7) is 2.66. The van der Waals surface area contributed by atoms with Crippen molar-refractivity contribution in [2.24, 2.45) is 0 Å². The Balaban J connectivity index is 1.70. The van der Waals surface area contributed by atoms with Gasteiger partial charge in [-0.25, -0.2) is 4.39 Å². The molecule has 162 valence electrons. The summed E-state index contributed by atoms with van der Waals surface area (Å²) in [7, 11) is 0. The lowest BCUT2D eigenvalue weighted by atomic mass is 9.98.